The van der Waals surface area contributed by atoms with Crippen molar-refractivity contribution in [3.63, 3.8) is 0 Å². The number of anilines is 1. The molecule has 1 unspecified atom stereocenters. The first kappa shape index (κ1) is 19.4. The van der Waals surface area contributed by atoms with Crippen LogP contribution < -0.4 is 4.90 Å². The van der Waals surface area contributed by atoms with Gasteiger partial charge in [-0.05, 0) is 12.1 Å². The van der Waals surface area contributed by atoms with Crippen molar-refractivity contribution in [1.29, 1.82) is 0 Å². The van der Waals surface area contributed by atoms with E-state index in [2.05, 4.69) is 15.7 Å². The fourth-order valence-corrected chi connectivity index (χ4v) is 2.83. The number of aliphatic hydroxyl groups is 1. The molecule has 1 aliphatic rings. The van der Waals surface area contributed by atoms with Crippen LogP contribution in [0.25, 0.3) is 0 Å². The maximum atomic E-state index is 12.4. The number of piperazine rings is 1. The van der Waals surface area contributed by atoms with Gasteiger partial charge in [-0.15, -0.1) is 6.42 Å². The largest absolute Gasteiger partial charge is 0.389 e. The van der Waals surface area contributed by atoms with Gasteiger partial charge in [-0.3, -0.25) is 14.6 Å². The van der Waals surface area contributed by atoms with Crippen LogP contribution in [0.1, 0.15) is 0 Å². The molecular weight excluding hydrogens is 318 g/mol. The summed E-state index contributed by atoms with van der Waals surface area (Å²) in [6.07, 6.45) is 4.57. The Bertz CT molecular complexity index is 565. The number of likely N-dealkylation sites (N-methyl/N-ethyl adjacent to an activating group) is 1. The van der Waals surface area contributed by atoms with E-state index in [0.29, 0.717) is 13.1 Å². The second-order valence-corrected chi connectivity index (χ2v) is 6.24. The molecule has 6 heteroatoms. The van der Waals surface area contributed by atoms with E-state index in [1.807, 2.05) is 30.3 Å². The van der Waals surface area contributed by atoms with E-state index in [9.17, 15) is 9.90 Å². The number of carbonyl (C=O) groups is 1. The average Bonchev–Trinajstić information content (AvgIpc) is 2.63. The minimum Gasteiger partial charge on any atom is -0.389 e. The molecule has 1 fully saturated rings. The molecule has 0 aromatic heterocycles. The van der Waals surface area contributed by atoms with Crippen LogP contribution in [0.4, 0.5) is 5.69 Å². The number of para-hydroxylation sites is 1. The van der Waals surface area contributed by atoms with Crippen molar-refractivity contribution in [2.75, 3.05) is 64.4 Å². The molecule has 2 rings (SSSR count). The van der Waals surface area contributed by atoms with E-state index in [4.69, 9.17) is 11.2 Å². The van der Waals surface area contributed by atoms with Gasteiger partial charge in [0.2, 0.25) is 5.91 Å². The van der Waals surface area contributed by atoms with Crippen molar-refractivity contribution < 1.29 is 14.6 Å². The van der Waals surface area contributed by atoms with Gasteiger partial charge in [0, 0.05) is 45.5 Å². The molecule has 136 valence electrons. The maximum Gasteiger partial charge on any atom is 0.240 e. The number of ether oxygens (including phenoxy) is 1. The number of hydrogen-bond donors (Lipinski definition) is 1. The van der Waals surface area contributed by atoms with Crippen LogP contribution in [0.3, 0.4) is 0 Å². The summed E-state index contributed by atoms with van der Waals surface area (Å²) in [6.45, 7) is 4.73. The molecule has 1 amide bonds. The molecule has 1 saturated heterocycles. The Hall–Kier alpha value is -1.91. The quantitative estimate of drug-likeness (QED) is 0.542. The number of rotatable bonds is 8. The number of β-amino-alcohol motifs (C(OH)–C–C–N with tert-alkyl or cyclic N) is 1. The minimum atomic E-state index is -0.536. The van der Waals surface area contributed by atoms with E-state index < -0.39 is 6.10 Å². The summed E-state index contributed by atoms with van der Waals surface area (Å²) in [4.78, 5) is 18.4. The monoisotopic (exact) mass is 345 g/mol. The lowest BCUT2D eigenvalue weighted by Gasteiger charge is -2.35. The van der Waals surface area contributed by atoms with Crippen LogP contribution >= 0.6 is 0 Å². The van der Waals surface area contributed by atoms with Crippen LogP contribution in [0, 0.1) is 12.3 Å². The van der Waals surface area contributed by atoms with E-state index in [0.717, 1.165) is 31.9 Å². The predicted molar refractivity (Wildman–Crippen MR) is 98.4 cm³/mol. The highest BCUT2D eigenvalue weighted by Crippen LogP contribution is 2.12. The summed E-state index contributed by atoms with van der Waals surface area (Å²) in [6, 6.07) is 9.65. The van der Waals surface area contributed by atoms with E-state index in [-0.39, 0.29) is 19.1 Å². The van der Waals surface area contributed by atoms with Gasteiger partial charge in [-0.1, -0.05) is 24.1 Å². The van der Waals surface area contributed by atoms with Gasteiger partial charge in [0.25, 0.3) is 0 Å². The number of benzene rings is 1. The molecule has 1 aromatic carbocycles. The van der Waals surface area contributed by atoms with Crippen molar-refractivity contribution in [2.45, 2.75) is 6.10 Å². The van der Waals surface area contributed by atoms with Gasteiger partial charge < -0.3 is 14.7 Å². The summed E-state index contributed by atoms with van der Waals surface area (Å²) in [5.74, 6) is 2.47. The molecule has 0 spiro atoms. The van der Waals surface area contributed by atoms with Crippen LogP contribution in [0.5, 0.6) is 0 Å². The summed E-state index contributed by atoms with van der Waals surface area (Å²) in [5, 5.41) is 9.93. The second-order valence-electron chi connectivity index (χ2n) is 6.24. The van der Waals surface area contributed by atoms with E-state index in [1.165, 1.54) is 0 Å². The summed E-state index contributed by atoms with van der Waals surface area (Å²) >= 11 is 0. The topological polar surface area (TPSA) is 56.3 Å². The zero-order valence-electron chi connectivity index (χ0n) is 14.8. The van der Waals surface area contributed by atoms with Gasteiger partial charge in [-0.2, -0.15) is 0 Å². The van der Waals surface area contributed by atoms with Crippen molar-refractivity contribution in [3.8, 4) is 12.3 Å². The standard InChI is InChI=1S/C19H27N3O3/c1-3-13-25-16-18(23)14-21-9-11-22(12-10-21)15-19(24)20(2)17-7-5-4-6-8-17/h1,4-8,18,23H,9-16H2,2H3. The second kappa shape index (κ2) is 10.2. The van der Waals surface area contributed by atoms with Crippen molar-refractivity contribution in [2.24, 2.45) is 0 Å². The Morgan fingerprint density at radius 2 is 1.92 bits per heavy atom. The van der Waals surface area contributed by atoms with Crippen molar-refractivity contribution >= 4 is 11.6 Å². The molecule has 1 heterocycles. The molecule has 1 aromatic rings. The van der Waals surface area contributed by atoms with Crippen LogP contribution in [0.15, 0.2) is 30.3 Å². The van der Waals surface area contributed by atoms with E-state index >= 15 is 0 Å². The summed E-state index contributed by atoms with van der Waals surface area (Å²) < 4.78 is 5.15. The molecule has 0 bridgehead atoms. The summed E-state index contributed by atoms with van der Waals surface area (Å²) in [5.41, 5.74) is 0.904. The van der Waals surface area contributed by atoms with Crippen LogP contribution in [-0.2, 0) is 9.53 Å². The third-order valence-corrected chi connectivity index (χ3v) is 4.31. The van der Waals surface area contributed by atoms with Gasteiger partial charge in [-0.25, -0.2) is 0 Å². The maximum absolute atomic E-state index is 12.4. The first-order chi connectivity index (χ1) is 12.1. The van der Waals surface area contributed by atoms with Gasteiger partial charge >= 0.3 is 0 Å². The number of carbonyl (C=O) groups excluding carboxylic acids is 1. The molecular formula is C19H27N3O3. The fraction of sp³-hybridized carbons (Fsp3) is 0.526. The number of terminal acetylenes is 1. The lowest BCUT2D eigenvalue weighted by atomic mass is 10.2. The Kier molecular flexibility index (Phi) is 7.89. The van der Waals surface area contributed by atoms with Crippen LogP contribution in [-0.4, -0.2) is 86.4 Å². The Labute approximate surface area is 150 Å². The molecule has 0 saturated carbocycles. The molecule has 1 N–H and O–H groups in total. The van der Waals surface area contributed by atoms with Gasteiger partial charge in [0.15, 0.2) is 0 Å². The highest BCUT2D eigenvalue weighted by Gasteiger charge is 2.22. The highest BCUT2D eigenvalue weighted by atomic mass is 16.5. The molecule has 25 heavy (non-hydrogen) atoms. The van der Waals surface area contributed by atoms with Crippen molar-refractivity contribution in [3.05, 3.63) is 30.3 Å². The molecule has 1 aliphatic heterocycles. The predicted octanol–water partition coefficient (Wildman–Crippen LogP) is 0.278. The zero-order chi connectivity index (χ0) is 18.1. The first-order valence-electron chi connectivity index (χ1n) is 8.55. The Morgan fingerprint density at radius 1 is 1.28 bits per heavy atom. The fourth-order valence-electron chi connectivity index (χ4n) is 2.83. The molecule has 1 atom stereocenters. The molecule has 0 aliphatic carbocycles. The number of hydrogen-bond acceptors (Lipinski definition) is 5. The number of amides is 1. The molecule has 0 radical (unpaired) electrons. The Balaban J connectivity index is 1.70. The first-order valence-corrected chi connectivity index (χ1v) is 8.55. The SMILES string of the molecule is C#CCOCC(O)CN1CCN(CC(=O)N(C)c2ccccc2)CC1. The Morgan fingerprint density at radius 3 is 2.56 bits per heavy atom. The third-order valence-electron chi connectivity index (χ3n) is 4.31. The van der Waals surface area contributed by atoms with Gasteiger partial charge in [0.1, 0.15) is 6.61 Å². The number of nitrogens with zero attached hydrogens (tertiary/aromatic N) is 3. The summed E-state index contributed by atoms with van der Waals surface area (Å²) in [7, 11) is 1.81. The number of aliphatic hydroxyl groups excluding tert-OH is 1. The third kappa shape index (κ3) is 6.48. The lowest BCUT2D eigenvalue weighted by molar-refractivity contribution is -0.120. The van der Waals surface area contributed by atoms with E-state index in [1.54, 1.807) is 11.9 Å². The highest BCUT2D eigenvalue weighted by molar-refractivity contribution is 5.94. The van der Waals surface area contributed by atoms with Gasteiger partial charge in [0.05, 0.1) is 19.3 Å². The lowest BCUT2D eigenvalue weighted by Crippen LogP contribution is -2.51. The molecule has 6 nitrogen and oxygen atoms in total. The minimum absolute atomic E-state index is 0.0855. The van der Waals surface area contributed by atoms with Crippen molar-refractivity contribution in [1.82, 2.24) is 9.80 Å². The normalized spacial score (nSPS) is 17.0. The zero-order valence-corrected chi connectivity index (χ0v) is 14.8. The van der Waals surface area contributed by atoms with Crippen LogP contribution in [0.2, 0.25) is 0 Å². The average molecular weight is 345 g/mol. The smallest absolute Gasteiger partial charge is 0.240 e.